The van der Waals surface area contributed by atoms with Crippen LogP contribution in [0.1, 0.15) is 16.7 Å². The fourth-order valence-corrected chi connectivity index (χ4v) is 2.75. The van der Waals surface area contributed by atoms with Gasteiger partial charge in [-0.15, -0.1) is 0 Å². The number of benzene rings is 3. The highest BCUT2D eigenvalue weighted by Gasteiger charge is 2.12. The minimum Gasteiger partial charge on any atom is -0.488 e. The molecule has 0 saturated carbocycles. The molecular weight excluding hydrogens is 394 g/mol. The van der Waals surface area contributed by atoms with Crippen molar-refractivity contribution in [2.75, 3.05) is 5.32 Å². The van der Waals surface area contributed by atoms with E-state index in [4.69, 9.17) is 4.74 Å². The molecule has 0 radical (unpaired) electrons. The number of anilines is 1. The quantitative estimate of drug-likeness (QED) is 0.253. The predicted molar refractivity (Wildman–Crippen MR) is 117 cm³/mol. The second-order valence-electron chi connectivity index (χ2n) is 6.74. The van der Waals surface area contributed by atoms with Gasteiger partial charge in [0.15, 0.2) is 0 Å². The lowest BCUT2D eigenvalue weighted by Crippen LogP contribution is -2.13. The second-order valence-corrected chi connectivity index (χ2v) is 6.74. The van der Waals surface area contributed by atoms with Gasteiger partial charge in [-0.1, -0.05) is 35.9 Å². The molecule has 0 fully saturated rings. The van der Waals surface area contributed by atoms with E-state index in [-0.39, 0.29) is 17.9 Å². The van der Waals surface area contributed by atoms with Crippen molar-refractivity contribution in [1.82, 2.24) is 0 Å². The van der Waals surface area contributed by atoms with Gasteiger partial charge in [0, 0.05) is 23.4 Å². The Hall–Kier alpha value is -4.44. The van der Waals surface area contributed by atoms with Crippen molar-refractivity contribution >= 4 is 23.4 Å². The number of carbonyl (C=O) groups is 1. The Bertz CT molecular complexity index is 1160. The lowest BCUT2D eigenvalue weighted by Gasteiger charge is -2.10. The third-order valence-corrected chi connectivity index (χ3v) is 4.43. The number of nitrogens with one attached hydrogen (secondary N) is 1. The van der Waals surface area contributed by atoms with Gasteiger partial charge in [-0.25, -0.2) is 0 Å². The summed E-state index contributed by atoms with van der Waals surface area (Å²) in [6.07, 6.45) is 1.47. The molecule has 7 heteroatoms. The van der Waals surface area contributed by atoms with Crippen LogP contribution in [0.4, 0.5) is 11.4 Å². The predicted octanol–water partition coefficient (Wildman–Crippen LogP) is 5.03. The van der Waals surface area contributed by atoms with Crippen molar-refractivity contribution in [3.63, 3.8) is 0 Å². The first-order chi connectivity index (χ1) is 15.0. The summed E-state index contributed by atoms with van der Waals surface area (Å²) in [6.45, 7) is 2.13. The summed E-state index contributed by atoms with van der Waals surface area (Å²) in [5.41, 5.74) is 2.92. The van der Waals surface area contributed by atoms with Crippen LogP contribution in [0.25, 0.3) is 6.08 Å². The average molecular weight is 413 g/mol. The van der Waals surface area contributed by atoms with Crippen LogP contribution in [0.3, 0.4) is 0 Å². The largest absolute Gasteiger partial charge is 0.488 e. The zero-order valence-electron chi connectivity index (χ0n) is 16.7. The van der Waals surface area contributed by atoms with Gasteiger partial charge in [0.05, 0.1) is 4.92 Å². The number of aryl methyl sites for hydroxylation is 1. The molecule has 0 aromatic heterocycles. The Morgan fingerprint density at radius 2 is 1.77 bits per heavy atom. The molecule has 0 heterocycles. The summed E-state index contributed by atoms with van der Waals surface area (Å²) in [6, 6.07) is 22.3. The summed E-state index contributed by atoms with van der Waals surface area (Å²) in [5, 5.41) is 22.9. The zero-order valence-corrected chi connectivity index (χ0v) is 16.7. The Morgan fingerprint density at radius 3 is 2.42 bits per heavy atom. The fraction of sp³-hybridized carbons (Fsp3) is 0.0833. The molecule has 0 aliphatic carbocycles. The molecule has 1 N–H and O–H groups in total. The lowest BCUT2D eigenvalue weighted by molar-refractivity contribution is -0.384. The Labute approximate surface area is 179 Å². The third-order valence-electron chi connectivity index (χ3n) is 4.43. The highest BCUT2D eigenvalue weighted by Crippen LogP contribution is 2.23. The molecule has 0 saturated heterocycles. The fourth-order valence-electron chi connectivity index (χ4n) is 2.75. The first-order valence-electron chi connectivity index (χ1n) is 9.41. The molecule has 3 rings (SSSR count). The molecule has 3 aromatic rings. The van der Waals surface area contributed by atoms with Crippen LogP contribution in [-0.2, 0) is 11.4 Å². The summed E-state index contributed by atoms with van der Waals surface area (Å²) in [4.78, 5) is 22.8. The van der Waals surface area contributed by atoms with E-state index >= 15 is 0 Å². The van der Waals surface area contributed by atoms with Gasteiger partial charge >= 0.3 is 0 Å². The van der Waals surface area contributed by atoms with Crippen LogP contribution in [-0.4, -0.2) is 10.8 Å². The van der Waals surface area contributed by atoms with Crippen molar-refractivity contribution in [1.29, 1.82) is 5.26 Å². The molecule has 1 amide bonds. The number of nitrogens with zero attached hydrogens (tertiary/aromatic N) is 2. The summed E-state index contributed by atoms with van der Waals surface area (Å²) in [5.74, 6) is -0.0340. The van der Waals surface area contributed by atoms with Crippen molar-refractivity contribution < 1.29 is 14.5 Å². The van der Waals surface area contributed by atoms with E-state index in [1.165, 1.54) is 18.2 Å². The van der Waals surface area contributed by atoms with Crippen LogP contribution in [0.5, 0.6) is 5.75 Å². The van der Waals surface area contributed by atoms with Crippen LogP contribution < -0.4 is 10.1 Å². The highest BCUT2D eigenvalue weighted by molar-refractivity contribution is 6.09. The first kappa shape index (κ1) is 21.3. The lowest BCUT2D eigenvalue weighted by atomic mass is 10.1. The van der Waals surface area contributed by atoms with E-state index in [1.54, 1.807) is 48.5 Å². The van der Waals surface area contributed by atoms with Gasteiger partial charge in [0.1, 0.15) is 24.0 Å². The number of carbonyl (C=O) groups excluding carboxylic acids is 1. The number of hydrogen-bond acceptors (Lipinski definition) is 5. The number of nitro benzene ring substituents is 1. The number of para-hydroxylation sites is 1. The van der Waals surface area contributed by atoms with Gasteiger partial charge in [-0.3, -0.25) is 14.9 Å². The van der Waals surface area contributed by atoms with Gasteiger partial charge in [0.25, 0.3) is 11.6 Å². The first-order valence-corrected chi connectivity index (χ1v) is 9.41. The third kappa shape index (κ3) is 5.78. The van der Waals surface area contributed by atoms with Gasteiger partial charge in [0.2, 0.25) is 0 Å². The molecule has 7 nitrogen and oxygen atoms in total. The standard InChI is InChI=1S/C24H19N3O4/c1-17-6-10-21(11-7-17)26-24(28)20(15-25)14-19-4-2-3-5-23(19)31-16-18-8-12-22(13-9-18)27(29)30/h2-14H,16H2,1H3,(H,26,28)/b20-14+. The molecule has 0 unspecified atom stereocenters. The monoisotopic (exact) mass is 413 g/mol. The normalized spacial score (nSPS) is 10.8. The van der Waals surface area contributed by atoms with Crippen LogP contribution in [0.15, 0.2) is 78.4 Å². The van der Waals surface area contributed by atoms with Crippen LogP contribution in [0.2, 0.25) is 0 Å². The molecule has 0 aliphatic heterocycles. The number of non-ortho nitro benzene ring substituents is 1. The van der Waals surface area contributed by atoms with E-state index in [2.05, 4.69) is 5.32 Å². The molecule has 0 aliphatic rings. The number of nitro groups is 1. The van der Waals surface area contributed by atoms with Crippen molar-refractivity contribution in [3.8, 4) is 11.8 Å². The van der Waals surface area contributed by atoms with Crippen molar-refractivity contribution in [2.45, 2.75) is 13.5 Å². The second kappa shape index (κ2) is 9.85. The van der Waals surface area contributed by atoms with E-state index in [0.29, 0.717) is 17.0 Å². The molecule has 31 heavy (non-hydrogen) atoms. The maximum absolute atomic E-state index is 12.5. The number of hydrogen-bond donors (Lipinski definition) is 1. The number of rotatable bonds is 7. The summed E-state index contributed by atoms with van der Waals surface area (Å²) < 4.78 is 5.82. The van der Waals surface area contributed by atoms with E-state index in [0.717, 1.165) is 11.1 Å². The molecular formula is C24H19N3O4. The minimum atomic E-state index is -0.517. The molecule has 3 aromatic carbocycles. The molecule has 0 spiro atoms. The van der Waals surface area contributed by atoms with E-state index < -0.39 is 10.8 Å². The highest BCUT2D eigenvalue weighted by atomic mass is 16.6. The Morgan fingerprint density at radius 1 is 1.10 bits per heavy atom. The van der Waals surface area contributed by atoms with Gasteiger partial charge in [-0.05, 0) is 48.9 Å². The number of amides is 1. The van der Waals surface area contributed by atoms with Crippen molar-refractivity contribution in [2.24, 2.45) is 0 Å². The van der Waals surface area contributed by atoms with Crippen LogP contribution >= 0.6 is 0 Å². The topological polar surface area (TPSA) is 105 Å². The number of ether oxygens (including phenoxy) is 1. The average Bonchev–Trinajstić information content (AvgIpc) is 2.78. The summed E-state index contributed by atoms with van der Waals surface area (Å²) >= 11 is 0. The smallest absolute Gasteiger partial charge is 0.269 e. The molecule has 0 atom stereocenters. The van der Waals surface area contributed by atoms with E-state index in [9.17, 15) is 20.2 Å². The number of nitriles is 1. The minimum absolute atomic E-state index is 0.00494. The maximum Gasteiger partial charge on any atom is 0.269 e. The van der Waals surface area contributed by atoms with Gasteiger partial charge in [-0.2, -0.15) is 5.26 Å². The van der Waals surface area contributed by atoms with Crippen LogP contribution in [0, 0.1) is 28.4 Å². The summed E-state index contributed by atoms with van der Waals surface area (Å²) in [7, 11) is 0. The molecule has 0 bridgehead atoms. The van der Waals surface area contributed by atoms with Crippen molar-refractivity contribution in [3.05, 3.63) is 105 Å². The zero-order chi connectivity index (χ0) is 22.2. The maximum atomic E-state index is 12.5. The molecule has 154 valence electrons. The Kier molecular flexibility index (Phi) is 6.76. The van der Waals surface area contributed by atoms with E-state index in [1.807, 2.05) is 25.1 Å². The Balaban J connectivity index is 1.75. The van der Waals surface area contributed by atoms with Gasteiger partial charge < -0.3 is 10.1 Å². The SMILES string of the molecule is Cc1ccc(NC(=O)/C(C#N)=C/c2ccccc2OCc2ccc([N+](=O)[O-])cc2)cc1.